The van der Waals surface area contributed by atoms with Gasteiger partial charge in [-0.3, -0.25) is 0 Å². The number of anilines is 1. The molecule has 0 aliphatic carbocycles. The highest BCUT2D eigenvalue weighted by atomic mass is 16.4. The zero-order valence-corrected chi connectivity index (χ0v) is 11.7. The summed E-state index contributed by atoms with van der Waals surface area (Å²) in [6.07, 6.45) is 1.51. The van der Waals surface area contributed by atoms with E-state index in [2.05, 4.69) is 19.2 Å². The van der Waals surface area contributed by atoms with E-state index in [9.17, 15) is 9.90 Å². The molecule has 0 bridgehead atoms. The van der Waals surface area contributed by atoms with Gasteiger partial charge >= 0.3 is 5.97 Å². The van der Waals surface area contributed by atoms with Crippen molar-refractivity contribution in [2.24, 2.45) is 5.92 Å². The van der Waals surface area contributed by atoms with Gasteiger partial charge in [-0.05, 0) is 44.7 Å². The van der Waals surface area contributed by atoms with Gasteiger partial charge in [0.2, 0.25) is 0 Å². The maximum absolute atomic E-state index is 11.4. The molecule has 0 aromatic heterocycles. The highest BCUT2D eigenvalue weighted by Gasteiger charge is 2.32. The standard InChI is InChI=1S/C15H23NO2/c1-11(2)9-10-15(4,14(17)18)16-13-7-5-12(3)6-8-13/h5-8,11,16H,9-10H2,1-4H3,(H,17,18). The van der Waals surface area contributed by atoms with Gasteiger partial charge < -0.3 is 10.4 Å². The van der Waals surface area contributed by atoms with E-state index in [0.717, 1.165) is 12.1 Å². The average Bonchev–Trinajstić information content (AvgIpc) is 2.29. The Morgan fingerprint density at radius 1 is 1.33 bits per heavy atom. The first-order valence-electron chi connectivity index (χ1n) is 6.42. The van der Waals surface area contributed by atoms with Gasteiger partial charge in [-0.2, -0.15) is 0 Å². The van der Waals surface area contributed by atoms with Crippen LogP contribution in [-0.4, -0.2) is 16.6 Å². The molecule has 3 nitrogen and oxygen atoms in total. The number of carboxylic acids is 1. The first kappa shape index (κ1) is 14.6. The molecule has 0 radical (unpaired) electrons. The Labute approximate surface area is 109 Å². The molecule has 1 rings (SSSR count). The van der Waals surface area contributed by atoms with Gasteiger partial charge in [0.05, 0.1) is 0 Å². The lowest BCUT2D eigenvalue weighted by Gasteiger charge is -2.28. The van der Waals surface area contributed by atoms with Crippen LogP contribution in [0, 0.1) is 12.8 Å². The van der Waals surface area contributed by atoms with Gasteiger partial charge in [-0.15, -0.1) is 0 Å². The zero-order chi connectivity index (χ0) is 13.8. The highest BCUT2D eigenvalue weighted by molar-refractivity contribution is 5.82. The molecule has 0 amide bonds. The van der Waals surface area contributed by atoms with Gasteiger partial charge in [-0.25, -0.2) is 4.79 Å². The summed E-state index contributed by atoms with van der Waals surface area (Å²) in [5.41, 5.74) is 1.12. The fraction of sp³-hybridized carbons (Fsp3) is 0.533. The minimum Gasteiger partial charge on any atom is -0.480 e. The molecule has 3 heteroatoms. The smallest absolute Gasteiger partial charge is 0.329 e. The van der Waals surface area contributed by atoms with Gasteiger partial charge in [0.25, 0.3) is 0 Å². The summed E-state index contributed by atoms with van der Waals surface area (Å²) >= 11 is 0. The van der Waals surface area contributed by atoms with E-state index in [0.29, 0.717) is 12.3 Å². The molecule has 1 unspecified atom stereocenters. The van der Waals surface area contributed by atoms with Crippen molar-refractivity contribution in [3.8, 4) is 0 Å². The molecule has 1 atom stereocenters. The Hall–Kier alpha value is -1.51. The average molecular weight is 249 g/mol. The third-order valence-corrected chi connectivity index (χ3v) is 3.17. The number of rotatable bonds is 6. The van der Waals surface area contributed by atoms with Crippen LogP contribution in [0.5, 0.6) is 0 Å². The molecule has 18 heavy (non-hydrogen) atoms. The van der Waals surface area contributed by atoms with Gasteiger partial charge in [-0.1, -0.05) is 31.5 Å². The fourth-order valence-corrected chi connectivity index (χ4v) is 1.76. The van der Waals surface area contributed by atoms with Gasteiger partial charge in [0.15, 0.2) is 0 Å². The van der Waals surface area contributed by atoms with Gasteiger partial charge in [0.1, 0.15) is 5.54 Å². The van der Waals surface area contributed by atoms with E-state index in [4.69, 9.17) is 0 Å². The van der Waals surface area contributed by atoms with Crippen LogP contribution in [-0.2, 0) is 4.79 Å². The largest absolute Gasteiger partial charge is 0.480 e. The van der Waals surface area contributed by atoms with E-state index in [-0.39, 0.29) is 0 Å². The van der Waals surface area contributed by atoms with Crippen LogP contribution in [0.3, 0.4) is 0 Å². The second-order valence-corrected chi connectivity index (χ2v) is 5.56. The van der Waals surface area contributed by atoms with Crippen LogP contribution in [0.2, 0.25) is 0 Å². The molecule has 0 fully saturated rings. The molecule has 0 saturated heterocycles. The normalized spacial score (nSPS) is 14.3. The van der Waals surface area contributed by atoms with Crippen LogP contribution in [0.4, 0.5) is 5.69 Å². The van der Waals surface area contributed by atoms with Crippen LogP contribution >= 0.6 is 0 Å². The molecule has 0 saturated carbocycles. The van der Waals surface area contributed by atoms with Crippen molar-refractivity contribution in [1.82, 2.24) is 0 Å². The molecule has 0 aliphatic rings. The Morgan fingerprint density at radius 3 is 2.33 bits per heavy atom. The van der Waals surface area contributed by atoms with Crippen LogP contribution in [0.15, 0.2) is 24.3 Å². The third kappa shape index (κ3) is 4.06. The van der Waals surface area contributed by atoms with Crippen LogP contribution in [0.25, 0.3) is 0 Å². The van der Waals surface area contributed by atoms with Crippen LogP contribution in [0.1, 0.15) is 39.2 Å². The Kier molecular flexibility index (Phi) is 4.76. The molecular weight excluding hydrogens is 226 g/mol. The molecule has 1 aromatic rings. The topological polar surface area (TPSA) is 49.3 Å². The molecule has 1 aromatic carbocycles. The highest BCUT2D eigenvalue weighted by Crippen LogP contribution is 2.23. The molecule has 0 heterocycles. The zero-order valence-electron chi connectivity index (χ0n) is 11.7. The number of nitrogens with one attached hydrogen (secondary N) is 1. The van der Waals surface area contributed by atoms with Crippen LogP contribution < -0.4 is 5.32 Å². The lowest BCUT2D eigenvalue weighted by molar-refractivity contribution is -0.142. The van der Waals surface area contributed by atoms with E-state index >= 15 is 0 Å². The number of carbonyl (C=O) groups is 1. The maximum Gasteiger partial charge on any atom is 0.329 e. The van der Waals surface area contributed by atoms with Crippen molar-refractivity contribution in [2.75, 3.05) is 5.32 Å². The number of aryl methyl sites for hydroxylation is 1. The summed E-state index contributed by atoms with van der Waals surface area (Å²) in [5.74, 6) is -0.299. The molecule has 0 spiro atoms. The lowest BCUT2D eigenvalue weighted by atomic mass is 9.91. The second-order valence-electron chi connectivity index (χ2n) is 5.56. The van der Waals surface area contributed by atoms with Crippen molar-refractivity contribution in [2.45, 2.75) is 46.1 Å². The SMILES string of the molecule is Cc1ccc(NC(C)(CCC(C)C)C(=O)O)cc1. The minimum absolute atomic E-state index is 0.503. The Balaban J connectivity index is 2.79. The first-order chi connectivity index (χ1) is 8.33. The Bertz CT molecular complexity index is 397. The first-order valence-corrected chi connectivity index (χ1v) is 6.42. The van der Waals surface area contributed by atoms with Gasteiger partial charge in [0, 0.05) is 5.69 Å². The number of hydrogen-bond donors (Lipinski definition) is 2. The lowest BCUT2D eigenvalue weighted by Crippen LogP contribution is -2.43. The maximum atomic E-state index is 11.4. The summed E-state index contributed by atoms with van der Waals surface area (Å²) < 4.78 is 0. The third-order valence-electron chi connectivity index (χ3n) is 3.17. The summed E-state index contributed by atoms with van der Waals surface area (Å²) in [5, 5.41) is 12.5. The summed E-state index contributed by atoms with van der Waals surface area (Å²) in [6.45, 7) is 7.97. The number of carboxylic acid groups (broad SMARTS) is 1. The summed E-state index contributed by atoms with van der Waals surface area (Å²) in [6, 6.07) is 7.80. The van der Waals surface area contributed by atoms with E-state index < -0.39 is 11.5 Å². The predicted octanol–water partition coefficient (Wildman–Crippen LogP) is 3.69. The summed E-state index contributed by atoms with van der Waals surface area (Å²) in [7, 11) is 0. The fourth-order valence-electron chi connectivity index (χ4n) is 1.76. The van der Waals surface area contributed by atoms with Crippen molar-refractivity contribution >= 4 is 11.7 Å². The van der Waals surface area contributed by atoms with E-state index in [1.54, 1.807) is 6.92 Å². The van der Waals surface area contributed by atoms with E-state index in [1.165, 1.54) is 5.56 Å². The van der Waals surface area contributed by atoms with Crippen molar-refractivity contribution in [1.29, 1.82) is 0 Å². The Morgan fingerprint density at radius 2 is 1.89 bits per heavy atom. The molecule has 0 aliphatic heterocycles. The van der Waals surface area contributed by atoms with Crippen molar-refractivity contribution < 1.29 is 9.90 Å². The number of benzene rings is 1. The molecular formula is C15H23NO2. The summed E-state index contributed by atoms with van der Waals surface area (Å²) in [4.78, 5) is 11.4. The van der Waals surface area contributed by atoms with Crippen molar-refractivity contribution in [3.63, 3.8) is 0 Å². The monoisotopic (exact) mass is 249 g/mol. The predicted molar refractivity (Wildman–Crippen MR) is 74.9 cm³/mol. The molecule has 100 valence electrons. The van der Waals surface area contributed by atoms with Crippen molar-refractivity contribution in [3.05, 3.63) is 29.8 Å². The number of aliphatic carboxylic acids is 1. The second kappa shape index (κ2) is 5.89. The minimum atomic E-state index is -0.903. The molecule has 2 N–H and O–H groups in total. The number of hydrogen-bond acceptors (Lipinski definition) is 2. The van der Waals surface area contributed by atoms with E-state index in [1.807, 2.05) is 31.2 Å². The quantitative estimate of drug-likeness (QED) is 0.808.